The molecule has 2 saturated heterocycles. The number of halogens is 1. The lowest BCUT2D eigenvalue weighted by molar-refractivity contribution is 0.106. The third-order valence-electron chi connectivity index (χ3n) is 4.41. The van der Waals surface area contributed by atoms with Gasteiger partial charge in [-0.05, 0) is 50.6 Å². The van der Waals surface area contributed by atoms with Crippen LogP contribution in [0.25, 0.3) is 10.2 Å². The van der Waals surface area contributed by atoms with Crippen molar-refractivity contribution in [1.82, 2.24) is 9.88 Å². The number of nitrogens with zero attached hydrogens (tertiary/aromatic N) is 3. The predicted molar refractivity (Wildman–Crippen MR) is 88.7 cm³/mol. The van der Waals surface area contributed by atoms with E-state index >= 15 is 0 Å². The predicted octanol–water partition coefficient (Wildman–Crippen LogP) is 3.73. The average molecular weight is 352 g/mol. The maximum absolute atomic E-state index is 4.82. The van der Waals surface area contributed by atoms with Crippen LogP contribution in [0.3, 0.4) is 0 Å². The van der Waals surface area contributed by atoms with Crippen LogP contribution in [0.4, 0.5) is 5.13 Å². The Balaban J connectivity index is 1.58. The van der Waals surface area contributed by atoms with Gasteiger partial charge in [-0.3, -0.25) is 4.90 Å². The molecule has 0 unspecified atom stereocenters. The van der Waals surface area contributed by atoms with Crippen molar-refractivity contribution in [3.05, 3.63) is 22.7 Å². The quantitative estimate of drug-likeness (QED) is 0.821. The van der Waals surface area contributed by atoms with Crippen molar-refractivity contribution in [2.75, 3.05) is 31.1 Å². The Bertz CT molecular complexity index is 623. The third kappa shape index (κ3) is 2.36. The topological polar surface area (TPSA) is 19.4 Å². The van der Waals surface area contributed by atoms with Gasteiger partial charge in [-0.2, -0.15) is 0 Å². The van der Waals surface area contributed by atoms with Gasteiger partial charge in [0.05, 0.1) is 10.2 Å². The molecule has 0 spiro atoms. The first kappa shape index (κ1) is 13.0. The standard InChI is InChI=1S/C15H18BrN3S/c16-11-4-5-13-14(9-11)20-15(17-13)19-6-1-3-12(10-19)18-7-2-8-18/h4-5,9,12H,1-3,6-8,10H2/t12-/m1/s1. The summed E-state index contributed by atoms with van der Waals surface area (Å²) in [5.41, 5.74) is 1.12. The number of hydrogen-bond acceptors (Lipinski definition) is 4. The van der Waals surface area contributed by atoms with Crippen LogP contribution in [0.15, 0.2) is 22.7 Å². The van der Waals surface area contributed by atoms with E-state index in [4.69, 9.17) is 4.98 Å². The van der Waals surface area contributed by atoms with Crippen LogP contribution in [0, 0.1) is 0 Å². The highest BCUT2D eigenvalue weighted by Gasteiger charge is 2.29. The average Bonchev–Trinajstić information content (AvgIpc) is 2.80. The highest BCUT2D eigenvalue weighted by molar-refractivity contribution is 9.10. The monoisotopic (exact) mass is 351 g/mol. The molecular weight excluding hydrogens is 334 g/mol. The van der Waals surface area contributed by atoms with Crippen LogP contribution in [-0.2, 0) is 0 Å². The zero-order valence-corrected chi connectivity index (χ0v) is 13.8. The van der Waals surface area contributed by atoms with Gasteiger partial charge in [-0.15, -0.1) is 0 Å². The van der Waals surface area contributed by atoms with Crippen molar-refractivity contribution in [1.29, 1.82) is 0 Å². The first-order chi connectivity index (χ1) is 9.79. The molecule has 0 aliphatic carbocycles. The van der Waals surface area contributed by atoms with Gasteiger partial charge >= 0.3 is 0 Å². The number of benzene rings is 1. The van der Waals surface area contributed by atoms with E-state index in [1.54, 1.807) is 0 Å². The van der Waals surface area contributed by atoms with Crippen molar-refractivity contribution < 1.29 is 0 Å². The molecular formula is C15H18BrN3S. The third-order valence-corrected chi connectivity index (χ3v) is 5.99. The van der Waals surface area contributed by atoms with E-state index < -0.39 is 0 Å². The second-order valence-electron chi connectivity index (χ2n) is 5.74. The number of fused-ring (bicyclic) bond motifs is 1. The van der Waals surface area contributed by atoms with E-state index in [9.17, 15) is 0 Å². The summed E-state index contributed by atoms with van der Waals surface area (Å²) in [6.07, 6.45) is 4.03. The van der Waals surface area contributed by atoms with Crippen LogP contribution in [0.2, 0.25) is 0 Å². The van der Waals surface area contributed by atoms with Crippen LogP contribution >= 0.6 is 27.3 Å². The summed E-state index contributed by atoms with van der Waals surface area (Å²) in [7, 11) is 0. The van der Waals surface area contributed by atoms with Gasteiger partial charge in [-0.25, -0.2) is 4.98 Å². The van der Waals surface area contributed by atoms with Crippen molar-refractivity contribution in [3.63, 3.8) is 0 Å². The summed E-state index contributed by atoms with van der Waals surface area (Å²) in [6, 6.07) is 7.10. The van der Waals surface area contributed by atoms with E-state index in [2.05, 4.69) is 43.9 Å². The second-order valence-corrected chi connectivity index (χ2v) is 7.66. The molecule has 3 nitrogen and oxygen atoms in total. The smallest absolute Gasteiger partial charge is 0.186 e. The van der Waals surface area contributed by atoms with Crippen molar-refractivity contribution in [2.45, 2.75) is 25.3 Å². The minimum absolute atomic E-state index is 0.747. The Morgan fingerprint density at radius 1 is 1.20 bits per heavy atom. The van der Waals surface area contributed by atoms with Gasteiger partial charge in [0, 0.05) is 23.6 Å². The molecule has 1 aromatic carbocycles. The first-order valence-electron chi connectivity index (χ1n) is 7.35. The fourth-order valence-corrected chi connectivity index (χ4v) is 4.71. The van der Waals surface area contributed by atoms with Gasteiger partial charge < -0.3 is 4.90 Å². The zero-order chi connectivity index (χ0) is 13.5. The Hall–Kier alpha value is -0.650. The van der Waals surface area contributed by atoms with Gasteiger partial charge in [0.25, 0.3) is 0 Å². The number of aromatic nitrogens is 1. The fraction of sp³-hybridized carbons (Fsp3) is 0.533. The lowest BCUT2D eigenvalue weighted by Crippen LogP contribution is -2.53. The Kier molecular flexibility index (Phi) is 3.44. The molecule has 0 amide bonds. The molecule has 0 saturated carbocycles. The fourth-order valence-electron chi connectivity index (χ4n) is 3.15. The Labute approximate surface area is 131 Å². The molecule has 4 rings (SSSR count). The molecule has 106 valence electrons. The van der Waals surface area contributed by atoms with E-state index in [1.165, 1.54) is 42.2 Å². The highest BCUT2D eigenvalue weighted by atomic mass is 79.9. The minimum Gasteiger partial charge on any atom is -0.346 e. The van der Waals surface area contributed by atoms with E-state index in [0.717, 1.165) is 29.1 Å². The summed E-state index contributed by atoms with van der Waals surface area (Å²) in [4.78, 5) is 9.95. The summed E-state index contributed by atoms with van der Waals surface area (Å²) in [5, 5.41) is 1.20. The molecule has 5 heteroatoms. The molecule has 0 radical (unpaired) electrons. The second kappa shape index (κ2) is 5.28. The molecule has 3 heterocycles. The molecule has 2 fully saturated rings. The highest BCUT2D eigenvalue weighted by Crippen LogP contribution is 2.33. The number of thiazole rings is 1. The van der Waals surface area contributed by atoms with Crippen LogP contribution < -0.4 is 4.90 Å². The van der Waals surface area contributed by atoms with E-state index in [1.807, 2.05) is 11.3 Å². The largest absolute Gasteiger partial charge is 0.346 e. The molecule has 1 atom stereocenters. The number of rotatable bonds is 2. The maximum Gasteiger partial charge on any atom is 0.186 e. The molecule has 0 N–H and O–H groups in total. The number of likely N-dealkylation sites (tertiary alicyclic amines) is 1. The van der Waals surface area contributed by atoms with Crippen molar-refractivity contribution >= 4 is 42.6 Å². The van der Waals surface area contributed by atoms with Gasteiger partial charge in [0.15, 0.2) is 5.13 Å². The molecule has 2 aliphatic heterocycles. The summed E-state index contributed by atoms with van der Waals surface area (Å²) >= 11 is 5.37. The number of anilines is 1. The molecule has 20 heavy (non-hydrogen) atoms. The molecule has 0 bridgehead atoms. The first-order valence-corrected chi connectivity index (χ1v) is 8.96. The Morgan fingerprint density at radius 3 is 2.90 bits per heavy atom. The summed E-state index contributed by atoms with van der Waals surface area (Å²) < 4.78 is 2.41. The number of piperidine rings is 1. The maximum atomic E-state index is 4.82. The number of hydrogen-bond donors (Lipinski definition) is 0. The SMILES string of the molecule is Brc1ccc2nc(N3CCC[C@@H](N4CCC4)C3)sc2c1. The molecule has 2 aliphatic rings. The lowest BCUT2D eigenvalue weighted by atomic mass is 10.0. The van der Waals surface area contributed by atoms with Gasteiger partial charge in [0.1, 0.15) is 0 Å². The molecule has 1 aromatic heterocycles. The van der Waals surface area contributed by atoms with E-state index in [-0.39, 0.29) is 0 Å². The zero-order valence-electron chi connectivity index (χ0n) is 11.4. The van der Waals surface area contributed by atoms with Crippen LogP contribution in [0.5, 0.6) is 0 Å². The van der Waals surface area contributed by atoms with Crippen molar-refractivity contribution in [2.24, 2.45) is 0 Å². The van der Waals surface area contributed by atoms with Crippen LogP contribution in [-0.4, -0.2) is 42.1 Å². The van der Waals surface area contributed by atoms with E-state index in [0.29, 0.717) is 0 Å². The van der Waals surface area contributed by atoms with Gasteiger partial charge in [0.2, 0.25) is 0 Å². The van der Waals surface area contributed by atoms with Crippen LogP contribution in [0.1, 0.15) is 19.3 Å². The normalized spacial score (nSPS) is 24.1. The van der Waals surface area contributed by atoms with Crippen molar-refractivity contribution in [3.8, 4) is 0 Å². The molecule has 2 aromatic rings. The summed E-state index contributed by atoms with van der Waals surface area (Å²) in [5.74, 6) is 0. The Morgan fingerprint density at radius 2 is 2.10 bits per heavy atom. The summed E-state index contributed by atoms with van der Waals surface area (Å²) in [6.45, 7) is 4.91. The van der Waals surface area contributed by atoms with Gasteiger partial charge in [-0.1, -0.05) is 27.3 Å². The lowest BCUT2D eigenvalue weighted by Gasteiger charge is -2.43. The minimum atomic E-state index is 0.747.